The summed E-state index contributed by atoms with van der Waals surface area (Å²) in [5.74, 6) is -14.1. The highest BCUT2D eigenvalue weighted by Crippen LogP contribution is 2.56. The summed E-state index contributed by atoms with van der Waals surface area (Å²) in [7, 11) is 0. The van der Waals surface area contributed by atoms with E-state index in [0.29, 0.717) is 9.75 Å². The standard InChI is InChI=1S/C19H18F8S2/c1-7-9(3)28-11(5)13(7)15(17(21,22)18(23,24)19(25,26)27)16(20)14-8(2)10(4)29-12(14)6/h1-6H3. The summed E-state index contributed by atoms with van der Waals surface area (Å²) in [6.45, 7) is 8.46. The molecule has 2 aromatic rings. The van der Waals surface area contributed by atoms with Gasteiger partial charge in [0.1, 0.15) is 5.83 Å². The van der Waals surface area contributed by atoms with Crippen LogP contribution < -0.4 is 0 Å². The van der Waals surface area contributed by atoms with Crippen molar-refractivity contribution in [3.05, 3.63) is 41.8 Å². The maximum Gasteiger partial charge on any atom is 0.460 e. The number of thiophene rings is 2. The van der Waals surface area contributed by atoms with E-state index >= 15 is 4.39 Å². The summed E-state index contributed by atoms with van der Waals surface area (Å²) in [4.78, 5) is 1.21. The Kier molecular flexibility index (Phi) is 6.06. The number of halogens is 8. The number of hydrogen-bond donors (Lipinski definition) is 0. The number of hydrogen-bond acceptors (Lipinski definition) is 2. The van der Waals surface area contributed by atoms with Gasteiger partial charge in [0, 0.05) is 30.6 Å². The zero-order chi connectivity index (χ0) is 22.7. The number of alkyl halides is 7. The second-order valence-corrected chi connectivity index (χ2v) is 9.62. The fourth-order valence-electron chi connectivity index (χ4n) is 3.14. The van der Waals surface area contributed by atoms with E-state index in [9.17, 15) is 30.7 Å². The van der Waals surface area contributed by atoms with E-state index in [1.807, 2.05) is 0 Å². The molecule has 0 saturated carbocycles. The summed E-state index contributed by atoms with van der Waals surface area (Å²) in [6.07, 6.45) is -6.57. The van der Waals surface area contributed by atoms with Crippen LogP contribution in [-0.2, 0) is 0 Å². The van der Waals surface area contributed by atoms with E-state index in [1.54, 1.807) is 6.92 Å². The first-order valence-corrected chi connectivity index (χ1v) is 9.96. The van der Waals surface area contributed by atoms with Gasteiger partial charge >= 0.3 is 18.0 Å². The SMILES string of the molecule is Cc1sc(C)c(C(F)=C(c2c(C)sc(C)c2C)C(F)(F)C(F)(F)C(F)(F)F)c1C. The summed E-state index contributed by atoms with van der Waals surface area (Å²) in [6, 6.07) is 0. The highest BCUT2D eigenvalue weighted by Gasteiger charge is 2.75. The van der Waals surface area contributed by atoms with Gasteiger partial charge in [-0.25, -0.2) is 4.39 Å². The van der Waals surface area contributed by atoms with Crippen molar-refractivity contribution in [2.24, 2.45) is 0 Å². The first-order valence-electron chi connectivity index (χ1n) is 8.33. The van der Waals surface area contributed by atoms with E-state index < -0.39 is 35.0 Å². The Balaban J connectivity index is 3.03. The van der Waals surface area contributed by atoms with Crippen molar-refractivity contribution < 1.29 is 35.1 Å². The molecule has 0 unspecified atom stereocenters. The van der Waals surface area contributed by atoms with Crippen LogP contribution in [0.2, 0.25) is 0 Å². The Morgan fingerprint density at radius 2 is 1.00 bits per heavy atom. The molecule has 0 amide bonds. The van der Waals surface area contributed by atoms with E-state index in [-0.39, 0.29) is 26.4 Å². The highest BCUT2D eigenvalue weighted by atomic mass is 32.1. The summed E-state index contributed by atoms with van der Waals surface area (Å²) < 4.78 is 112. The quantitative estimate of drug-likeness (QED) is 0.401. The predicted molar refractivity (Wildman–Crippen MR) is 101 cm³/mol. The summed E-state index contributed by atoms with van der Waals surface area (Å²) in [5, 5.41) is 0. The van der Waals surface area contributed by atoms with Gasteiger partial charge in [-0.05, 0) is 52.7 Å². The van der Waals surface area contributed by atoms with Crippen molar-refractivity contribution in [2.45, 2.75) is 59.6 Å². The molecule has 0 atom stereocenters. The molecular weight excluding hydrogens is 444 g/mol. The van der Waals surface area contributed by atoms with Gasteiger partial charge in [-0.2, -0.15) is 30.7 Å². The third-order valence-corrected chi connectivity index (χ3v) is 7.12. The highest BCUT2D eigenvalue weighted by molar-refractivity contribution is 7.12. The molecular formula is C19H18F8S2. The van der Waals surface area contributed by atoms with E-state index in [0.717, 1.165) is 22.7 Å². The maximum atomic E-state index is 15.5. The molecule has 0 saturated heterocycles. The molecule has 10 heteroatoms. The minimum atomic E-state index is -6.57. The molecule has 0 aliphatic rings. The van der Waals surface area contributed by atoms with E-state index in [1.165, 1.54) is 34.6 Å². The number of aryl methyl sites for hydroxylation is 4. The molecule has 0 N–H and O–H groups in total. The van der Waals surface area contributed by atoms with Crippen molar-refractivity contribution in [1.29, 1.82) is 0 Å². The Bertz CT molecular complexity index is 973. The normalized spacial score (nSPS) is 14.4. The van der Waals surface area contributed by atoms with Crippen molar-refractivity contribution in [3.8, 4) is 0 Å². The minimum Gasteiger partial charge on any atom is -0.206 e. The Hall–Kier alpha value is -1.42. The average molecular weight is 462 g/mol. The zero-order valence-corrected chi connectivity index (χ0v) is 18.0. The minimum absolute atomic E-state index is 0.0325. The molecule has 0 radical (unpaired) electrons. The van der Waals surface area contributed by atoms with E-state index in [2.05, 4.69) is 0 Å². The second-order valence-electron chi connectivity index (χ2n) is 6.76. The fourth-order valence-corrected chi connectivity index (χ4v) is 5.27. The topological polar surface area (TPSA) is 0 Å². The van der Waals surface area contributed by atoms with Gasteiger partial charge in [0.15, 0.2) is 0 Å². The lowest BCUT2D eigenvalue weighted by molar-refractivity contribution is -0.338. The molecule has 0 aromatic carbocycles. The Morgan fingerprint density at radius 3 is 1.31 bits per heavy atom. The predicted octanol–water partition coefficient (Wildman–Crippen LogP) is 8.33. The molecule has 0 spiro atoms. The molecule has 0 aliphatic heterocycles. The lowest BCUT2D eigenvalue weighted by Gasteiger charge is -2.31. The van der Waals surface area contributed by atoms with Gasteiger partial charge in [0.25, 0.3) is 0 Å². The van der Waals surface area contributed by atoms with Gasteiger partial charge in [-0.15, -0.1) is 22.7 Å². The lowest BCUT2D eigenvalue weighted by Crippen LogP contribution is -2.52. The Morgan fingerprint density at radius 1 is 0.621 bits per heavy atom. The molecule has 0 bridgehead atoms. The lowest BCUT2D eigenvalue weighted by atomic mass is 9.89. The van der Waals surface area contributed by atoms with Crippen LogP contribution in [0.4, 0.5) is 35.1 Å². The molecule has 2 rings (SSSR count). The monoisotopic (exact) mass is 462 g/mol. The maximum absolute atomic E-state index is 15.5. The molecule has 29 heavy (non-hydrogen) atoms. The van der Waals surface area contributed by atoms with Crippen LogP contribution in [-0.4, -0.2) is 18.0 Å². The largest absolute Gasteiger partial charge is 0.460 e. The average Bonchev–Trinajstić information content (AvgIpc) is 2.95. The summed E-state index contributed by atoms with van der Waals surface area (Å²) in [5.41, 5.74) is -2.65. The fraction of sp³-hybridized carbons (Fsp3) is 0.474. The summed E-state index contributed by atoms with van der Waals surface area (Å²) >= 11 is 1.97. The van der Waals surface area contributed by atoms with Crippen molar-refractivity contribution in [3.63, 3.8) is 0 Å². The second kappa shape index (κ2) is 7.37. The third-order valence-electron chi connectivity index (χ3n) is 4.88. The van der Waals surface area contributed by atoms with Crippen LogP contribution in [0.25, 0.3) is 11.4 Å². The first-order chi connectivity index (χ1) is 13.0. The van der Waals surface area contributed by atoms with Crippen LogP contribution in [0.1, 0.15) is 41.8 Å². The number of rotatable bonds is 4. The van der Waals surface area contributed by atoms with Gasteiger partial charge < -0.3 is 0 Å². The molecule has 2 heterocycles. The van der Waals surface area contributed by atoms with Gasteiger partial charge in [0.05, 0.1) is 5.57 Å². The zero-order valence-electron chi connectivity index (χ0n) is 16.3. The smallest absolute Gasteiger partial charge is 0.206 e. The van der Waals surface area contributed by atoms with E-state index in [4.69, 9.17) is 0 Å². The third kappa shape index (κ3) is 3.62. The first kappa shape index (κ1) is 23.9. The number of allylic oxidation sites excluding steroid dienone is 1. The molecule has 2 aromatic heterocycles. The Labute approximate surface area is 170 Å². The van der Waals surface area contributed by atoms with Gasteiger partial charge in [-0.1, -0.05) is 0 Å². The van der Waals surface area contributed by atoms with Crippen LogP contribution in [0.15, 0.2) is 0 Å². The van der Waals surface area contributed by atoms with Gasteiger partial charge in [0.2, 0.25) is 0 Å². The van der Waals surface area contributed by atoms with Crippen LogP contribution in [0.5, 0.6) is 0 Å². The van der Waals surface area contributed by atoms with Crippen molar-refractivity contribution in [2.75, 3.05) is 0 Å². The van der Waals surface area contributed by atoms with Crippen LogP contribution in [0, 0.1) is 41.5 Å². The molecule has 0 nitrogen and oxygen atoms in total. The molecule has 0 fully saturated rings. The van der Waals surface area contributed by atoms with Crippen LogP contribution in [0.3, 0.4) is 0 Å². The van der Waals surface area contributed by atoms with Crippen LogP contribution >= 0.6 is 22.7 Å². The van der Waals surface area contributed by atoms with Crippen molar-refractivity contribution >= 4 is 34.1 Å². The van der Waals surface area contributed by atoms with Crippen molar-refractivity contribution in [1.82, 2.24) is 0 Å². The molecule has 162 valence electrons. The molecule has 0 aliphatic carbocycles. The van der Waals surface area contributed by atoms with Gasteiger partial charge in [-0.3, -0.25) is 0 Å².